The molecule has 5 rings (SSSR count). The second-order valence-corrected chi connectivity index (χ2v) is 11.9. The number of pyridine rings is 1. The fraction of sp³-hybridized carbons (Fsp3) is 0.387. The fourth-order valence-corrected chi connectivity index (χ4v) is 6.41. The number of carbonyl (C=O) groups is 1. The summed E-state index contributed by atoms with van der Waals surface area (Å²) in [7, 11) is -1.12. The second kappa shape index (κ2) is 12.1. The van der Waals surface area contributed by atoms with Crippen LogP contribution in [0.25, 0.3) is 0 Å². The molecule has 1 aromatic heterocycles. The van der Waals surface area contributed by atoms with Gasteiger partial charge in [0.05, 0.1) is 26.9 Å². The summed E-state index contributed by atoms with van der Waals surface area (Å²) in [5, 5.41) is 13.2. The first-order valence-electron chi connectivity index (χ1n) is 13.8. The molecule has 2 fully saturated rings. The number of aromatic nitrogens is 1. The number of benzene rings is 2. The van der Waals surface area contributed by atoms with Gasteiger partial charge in [0.2, 0.25) is 0 Å². The van der Waals surface area contributed by atoms with Crippen LogP contribution in [0.5, 0.6) is 0 Å². The molecule has 0 spiro atoms. The van der Waals surface area contributed by atoms with Crippen molar-refractivity contribution in [2.24, 2.45) is 0 Å². The summed E-state index contributed by atoms with van der Waals surface area (Å²) in [4.78, 5) is 25.2. The number of piperazine rings is 1. The first-order chi connectivity index (χ1) is 19.4. The lowest BCUT2D eigenvalue weighted by Crippen LogP contribution is -2.49. The van der Waals surface area contributed by atoms with Gasteiger partial charge in [-0.25, -0.2) is 4.98 Å². The van der Waals surface area contributed by atoms with Crippen molar-refractivity contribution >= 4 is 33.9 Å². The van der Waals surface area contributed by atoms with Crippen LogP contribution in [0.1, 0.15) is 39.9 Å². The zero-order valence-corrected chi connectivity index (χ0v) is 24.2. The van der Waals surface area contributed by atoms with Gasteiger partial charge in [0.15, 0.2) is 0 Å². The SMILES string of the molecule is Cc1cc(C)c(C(=O)N2CCN(c3ncccc3[S@](C)=O)CC2)cc1NC1CCN(c2ccccc2C#N)CC1. The molecule has 8 nitrogen and oxygen atoms in total. The number of nitrogens with zero attached hydrogens (tertiary/aromatic N) is 5. The van der Waals surface area contributed by atoms with Gasteiger partial charge in [-0.1, -0.05) is 18.2 Å². The fourth-order valence-electron chi connectivity index (χ4n) is 5.70. The van der Waals surface area contributed by atoms with Crippen molar-refractivity contribution < 1.29 is 9.00 Å². The van der Waals surface area contributed by atoms with Crippen LogP contribution in [0.4, 0.5) is 17.2 Å². The molecular formula is C31H36N6O2S. The van der Waals surface area contributed by atoms with Gasteiger partial charge in [0, 0.05) is 69.0 Å². The molecule has 2 aliphatic rings. The molecule has 1 amide bonds. The lowest BCUT2D eigenvalue weighted by molar-refractivity contribution is 0.0745. The zero-order valence-electron chi connectivity index (χ0n) is 23.4. The van der Waals surface area contributed by atoms with Crippen LogP contribution in [0.3, 0.4) is 0 Å². The van der Waals surface area contributed by atoms with E-state index in [0.717, 1.165) is 64.7 Å². The van der Waals surface area contributed by atoms with Crippen LogP contribution in [0, 0.1) is 25.2 Å². The number of nitriles is 1. The highest BCUT2D eigenvalue weighted by atomic mass is 32.2. The van der Waals surface area contributed by atoms with E-state index in [1.807, 2.05) is 54.3 Å². The summed E-state index contributed by atoms with van der Waals surface area (Å²) in [6.07, 6.45) is 5.30. The number of anilines is 3. The predicted octanol–water partition coefficient (Wildman–Crippen LogP) is 4.35. The Morgan fingerprint density at radius 1 is 0.975 bits per heavy atom. The molecule has 2 aliphatic heterocycles. The van der Waals surface area contributed by atoms with Crippen LogP contribution in [-0.2, 0) is 10.8 Å². The van der Waals surface area contributed by atoms with Crippen molar-refractivity contribution in [3.63, 3.8) is 0 Å². The van der Waals surface area contributed by atoms with E-state index < -0.39 is 10.8 Å². The number of carbonyl (C=O) groups excluding carboxylic acids is 1. The van der Waals surface area contributed by atoms with Crippen molar-refractivity contribution in [2.45, 2.75) is 37.6 Å². The van der Waals surface area contributed by atoms with Gasteiger partial charge < -0.3 is 20.0 Å². The maximum atomic E-state index is 13.6. The Balaban J connectivity index is 1.23. The summed E-state index contributed by atoms with van der Waals surface area (Å²) in [6, 6.07) is 18.2. The Bertz CT molecular complexity index is 1450. The van der Waals surface area contributed by atoms with Gasteiger partial charge in [-0.05, 0) is 68.1 Å². The third-order valence-electron chi connectivity index (χ3n) is 7.95. The highest BCUT2D eigenvalue weighted by Crippen LogP contribution is 2.28. The van der Waals surface area contributed by atoms with E-state index in [1.165, 1.54) is 0 Å². The topological polar surface area (TPSA) is 92.6 Å². The number of rotatable bonds is 6. The molecule has 208 valence electrons. The standard InChI is InChI=1S/C31H36N6O2S/c1-22-19-23(2)27(34-25-10-13-35(14-11-25)28-8-5-4-7-24(28)21-32)20-26(22)31(38)37-17-15-36(16-18-37)30-29(40(3)39)9-6-12-33-30/h4-9,12,19-20,25,34H,10-11,13-18H2,1-3H3/t40-/m0/s1. The van der Waals surface area contributed by atoms with Crippen molar-refractivity contribution in [1.82, 2.24) is 9.88 Å². The molecule has 3 aromatic rings. The van der Waals surface area contributed by atoms with Crippen molar-refractivity contribution in [2.75, 3.05) is 60.6 Å². The van der Waals surface area contributed by atoms with E-state index in [9.17, 15) is 14.3 Å². The van der Waals surface area contributed by atoms with E-state index in [2.05, 4.69) is 39.2 Å². The van der Waals surface area contributed by atoms with Gasteiger partial charge >= 0.3 is 0 Å². The first-order valence-corrected chi connectivity index (χ1v) is 15.4. The van der Waals surface area contributed by atoms with Crippen molar-refractivity contribution in [1.29, 1.82) is 5.26 Å². The first kappa shape index (κ1) is 27.7. The van der Waals surface area contributed by atoms with Crippen LogP contribution in [-0.4, -0.2) is 71.6 Å². The largest absolute Gasteiger partial charge is 0.382 e. The molecule has 0 radical (unpaired) electrons. The van der Waals surface area contributed by atoms with Crippen LogP contribution < -0.4 is 15.1 Å². The normalized spacial score (nSPS) is 16.9. The second-order valence-electron chi connectivity index (χ2n) is 10.6. The molecule has 3 heterocycles. The summed E-state index contributed by atoms with van der Waals surface area (Å²) >= 11 is 0. The quantitative estimate of drug-likeness (QED) is 0.483. The van der Waals surface area contributed by atoms with E-state index in [0.29, 0.717) is 37.8 Å². The van der Waals surface area contributed by atoms with E-state index in [-0.39, 0.29) is 5.91 Å². The average Bonchev–Trinajstić information content (AvgIpc) is 2.98. The average molecular weight is 557 g/mol. The molecule has 0 saturated carbocycles. The smallest absolute Gasteiger partial charge is 0.254 e. The minimum Gasteiger partial charge on any atom is -0.382 e. The summed E-state index contributed by atoms with van der Waals surface area (Å²) in [5.74, 6) is 0.791. The molecule has 9 heteroatoms. The Hall–Kier alpha value is -3.90. The number of para-hydroxylation sites is 1. The van der Waals surface area contributed by atoms with Crippen molar-refractivity contribution in [3.8, 4) is 6.07 Å². The van der Waals surface area contributed by atoms with Gasteiger partial charge in [0.1, 0.15) is 11.9 Å². The van der Waals surface area contributed by atoms with Crippen LogP contribution in [0.15, 0.2) is 59.6 Å². The molecule has 1 N–H and O–H groups in total. The third-order valence-corrected chi connectivity index (χ3v) is 8.89. The van der Waals surface area contributed by atoms with Gasteiger partial charge in [-0.2, -0.15) is 5.26 Å². The monoisotopic (exact) mass is 556 g/mol. The highest BCUT2D eigenvalue weighted by molar-refractivity contribution is 7.84. The highest BCUT2D eigenvalue weighted by Gasteiger charge is 2.27. The van der Waals surface area contributed by atoms with E-state index >= 15 is 0 Å². The van der Waals surface area contributed by atoms with E-state index in [1.54, 1.807) is 12.5 Å². The number of nitrogens with one attached hydrogen (secondary N) is 1. The lowest BCUT2D eigenvalue weighted by atomic mass is 9.99. The Labute approximate surface area is 239 Å². The number of piperidine rings is 1. The third kappa shape index (κ3) is 5.82. The molecule has 2 aromatic carbocycles. The Morgan fingerprint density at radius 3 is 2.40 bits per heavy atom. The number of amides is 1. The molecule has 0 bridgehead atoms. The maximum Gasteiger partial charge on any atom is 0.254 e. The minimum atomic E-state index is -1.12. The lowest BCUT2D eigenvalue weighted by Gasteiger charge is -2.36. The number of hydrogen-bond donors (Lipinski definition) is 1. The van der Waals surface area contributed by atoms with Crippen LogP contribution in [0.2, 0.25) is 0 Å². The molecule has 1 atom stereocenters. The summed E-state index contributed by atoms with van der Waals surface area (Å²) < 4.78 is 12.2. The Morgan fingerprint density at radius 2 is 1.70 bits per heavy atom. The summed E-state index contributed by atoms with van der Waals surface area (Å²) in [6.45, 7) is 8.31. The molecule has 2 saturated heterocycles. The zero-order chi connectivity index (χ0) is 28.2. The van der Waals surface area contributed by atoms with Crippen LogP contribution >= 0.6 is 0 Å². The molecule has 40 heavy (non-hydrogen) atoms. The number of aryl methyl sites for hydroxylation is 2. The summed E-state index contributed by atoms with van der Waals surface area (Å²) in [5.41, 5.74) is 5.57. The molecule has 0 unspecified atom stereocenters. The Kier molecular flexibility index (Phi) is 8.36. The van der Waals surface area contributed by atoms with Gasteiger partial charge in [0.25, 0.3) is 5.91 Å². The predicted molar refractivity (Wildman–Crippen MR) is 161 cm³/mol. The maximum absolute atomic E-state index is 13.6. The minimum absolute atomic E-state index is 0.0449. The molecular weight excluding hydrogens is 520 g/mol. The van der Waals surface area contributed by atoms with E-state index in [4.69, 9.17) is 0 Å². The molecule has 0 aliphatic carbocycles. The van der Waals surface area contributed by atoms with Crippen molar-refractivity contribution in [3.05, 3.63) is 77.0 Å². The number of hydrogen-bond acceptors (Lipinski definition) is 7. The van der Waals surface area contributed by atoms with Gasteiger partial charge in [-0.15, -0.1) is 0 Å². The van der Waals surface area contributed by atoms with Gasteiger partial charge in [-0.3, -0.25) is 9.00 Å².